The van der Waals surface area contributed by atoms with Gasteiger partial charge in [0.15, 0.2) is 0 Å². The molecule has 0 spiro atoms. The minimum Gasteiger partial charge on any atom is -0.469 e. The average molecular weight is 241 g/mol. The number of nitrogens with zero attached hydrogens (tertiary/aromatic N) is 1. The SMILES string of the molecule is C=CCN(CC=C)C(CC(=O)OC)C(=O)OC. The van der Waals surface area contributed by atoms with Gasteiger partial charge in [0, 0.05) is 13.1 Å². The lowest BCUT2D eigenvalue weighted by atomic mass is 10.1. The molecule has 0 saturated heterocycles. The summed E-state index contributed by atoms with van der Waals surface area (Å²) in [5, 5.41) is 0. The van der Waals surface area contributed by atoms with Crippen molar-refractivity contribution < 1.29 is 19.1 Å². The van der Waals surface area contributed by atoms with Crippen LogP contribution < -0.4 is 0 Å². The van der Waals surface area contributed by atoms with Crippen molar-refractivity contribution in [1.82, 2.24) is 4.90 Å². The summed E-state index contributed by atoms with van der Waals surface area (Å²) in [6.07, 6.45) is 3.25. The van der Waals surface area contributed by atoms with Gasteiger partial charge in [-0.3, -0.25) is 14.5 Å². The molecule has 1 atom stereocenters. The first kappa shape index (κ1) is 15.4. The Morgan fingerprint density at radius 1 is 1.18 bits per heavy atom. The Kier molecular flexibility index (Phi) is 7.71. The van der Waals surface area contributed by atoms with E-state index in [2.05, 4.69) is 22.6 Å². The van der Waals surface area contributed by atoms with Crippen LogP contribution in [0, 0.1) is 0 Å². The lowest BCUT2D eigenvalue weighted by Gasteiger charge is -2.26. The van der Waals surface area contributed by atoms with E-state index in [1.165, 1.54) is 14.2 Å². The van der Waals surface area contributed by atoms with E-state index in [1.807, 2.05) is 0 Å². The largest absolute Gasteiger partial charge is 0.469 e. The number of carbonyl (C=O) groups excluding carboxylic acids is 2. The standard InChI is InChI=1S/C12H19NO4/c1-5-7-13(8-6-2)10(12(15)17-4)9-11(14)16-3/h5-6,10H,1-2,7-9H2,3-4H3. The van der Waals surface area contributed by atoms with Gasteiger partial charge < -0.3 is 9.47 Å². The Hall–Kier alpha value is -1.62. The Morgan fingerprint density at radius 2 is 1.71 bits per heavy atom. The zero-order valence-electron chi connectivity index (χ0n) is 10.3. The summed E-state index contributed by atoms with van der Waals surface area (Å²) in [6, 6.07) is -0.677. The van der Waals surface area contributed by atoms with Gasteiger partial charge in [0.2, 0.25) is 0 Å². The molecule has 0 aromatic rings. The Bertz CT molecular complexity index is 278. The molecule has 0 fully saturated rings. The molecule has 0 aromatic carbocycles. The molecule has 0 aliphatic rings. The minimum atomic E-state index is -0.677. The van der Waals surface area contributed by atoms with Gasteiger partial charge in [0.05, 0.1) is 20.6 Å². The number of esters is 2. The van der Waals surface area contributed by atoms with Gasteiger partial charge in [-0.2, -0.15) is 0 Å². The van der Waals surface area contributed by atoms with E-state index in [1.54, 1.807) is 17.1 Å². The molecule has 1 unspecified atom stereocenters. The molecule has 5 nitrogen and oxygen atoms in total. The van der Waals surface area contributed by atoms with E-state index < -0.39 is 18.0 Å². The lowest BCUT2D eigenvalue weighted by Crippen LogP contribution is -2.43. The van der Waals surface area contributed by atoms with Gasteiger partial charge in [0.1, 0.15) is 6.04 Å². The summed E-state index contributed by atoms with van der Waals surface area (Å²) in [6.45, 7) is 8.13. The van der Waals surface area contributed by atoms with Crippen molar-refractivity contribution in [2.75, 3.05) is 27.3 Å². The zero-order valence-corrected chi connectivity index (χ0v) is 10.3. The van der Waals surface area contributed by atoms with E-state index in [0.717, 1.165) is 0 Å². The number of methoxy groups -OCH3 is 2. The first-order valence-corrected chi connectivity index (χ1v) is 5.21. The summed E-state index contributed by atoms with van der Waals surface area (Å²) in [4.78, 5) is 24.6. The van der Waals surface area contributed by atoms with Gasteiger partial charge in [-0.15, -0.1) is 13.2 Å². The van der Waals surface area contributed by atoms with Crippen molar-refractivity contribution in [3.63, 3.8) is 0 Å². The molecule has 0 heterocycles. The fraction of sp³-hybridized carbons (Fsp3) is 0.500. The molecule has 0 aromatic heterocycles. The van der Waals surface area contributed by atoms with E-state index in [9.17, 15) is 9.59 Å². The summed E-state index contributed by atoms with van der Waals surface area (Å²) < 4.78 is 9.23. The smallest absolute Gasteiger partial charge is 0.323 e. The number of rotatable bonds is 8. The van der Waals surface area contributed by atoms with Crippen LogP contribution in [0.2, 0.25) is 0 Å². The molecule has 0 aliphatic heterocycles. The molecule has 0 bridgehead atoms. The van der Waals surface area contributed by atoms with Crippen LogP contribution in [-0.2, 0) is 19.1 Å². The minimum absolute atomic E-state index is 0.0507. The van der Waals surface area contributed by atoms with Crippen molar-refractivity contribution in [3.8, 4) is 0 Å². The second-order valence-electron chi connectivity index (χ2n) is 3.35. The molecule has 0 radical (unpaired) electrons. The first-order chi connectivity index (χ1) is 8.10. The zero-order chi connectivity index (χ0) is 13.3. The lowest BCUT2D eigenvalue weighted by molar-refractivity contribution is -0.153. The highest BCUT2D eigenvalue weighted by molar-refractivity contribution is 5.82. The number of carbonyl (C=O) groups is 2. The van der Waals surface area contributed by atoms with Crippen LogP contribution in [0.5, 0.6) is 0 Å². The van der Waals surface area contributed by atoms with Crippen molar-refractivity contribution in [3.05, 3.63) is 25.3 Å². The fourth-order valence-electron chi connectivity index (χ4n) is 1.40. The van der Waals surface area contributed by atoms with E-state index in [4.69, 9.17) is 0 Å². The molecule has 0 amide bonds. The van der Waals surface area contributed by atoms with Crippen molar-refractivity contribution in [2.24, 2.45) is 0 Å². The van der Waals surface area contributed by atoms with E-state index in [-0.39, 0.29) is 6.42 Å². The monoisotopic (exact) mass is 241 g/mol. The highest BCUT2D eigenvalue weighted by Crippen LogP contribution is 2.08. The predicted molar refractivity (Wildman–Crippen MR) is 64.4 cm³/mol. The summed E-state index contributed by atoms with van der Waals surface area (Å²) in [7, 11) is 2.56. The third kappa shape index (κ3) is 5.31. The Balaban J connectivity index is 4.82. The van der Waals surface area contributed by atoms with Gasteiger partial charge >= 0.3 is 11.9 Å². The molecule has 0 saturated carbocycles. The van der Waals surface area contributed by atoms with Crippen molar-refractivity contribution >= 4 is 11.9 Å². The molecule has 5 heteroatoms. The van der Waals surface area contributed by atoms with Crippen LogP contribution in [0.4, 0.5) is 0 Å². The second-order valence-corrected chi connectivity index (χ2v) is 3.35. The van der Waals surface area contributed by atoms with Gasteiger partial charge in [-0.25, -0.2) is 0 Å². The maximum atomic E-state index is 11.6. The predicted octanol–water partition coefficient (Wildman–Crippen LogP) is 0.765. The summed E-state index contributed by atoms with van der Waals surface area (Å²) in [5.41, 5.74) is 0. The van der Waals surface area contributed by atoms with Gasteiger partial charge in [-0.05, 0) is 0 Å². The number of hydrogen-bond donors (Lipinski definition) is 0. The Labute approximate surface area is 102 Å². The quantitative estimate of drug-likeness (QED) is 0.464. The normalized spacial score (nSPS) is 11.7. The molecule has 17 heavy (non-hydrogen) atoms. The summed E-state index contributed by atoms with van der Waals surface area (Å²) >= 11 is 0. The highest BCUT2D eigenvalue weighted by Gasteiger charge is 2.28. The van der Waals surface area contributed by atoms with Crippen LogP contribution in [0.15, 0.2) is 25.3 Å². The topological polar surface area (TPSA) is 55.8 Å². The number of ether oxygens (including phenoxy) is 2. The van der Waals surface area contributed by atoms with Crippen LogP contribution in [0.3, 0.4) is 0 Å². The van der Waals surface area contributed by atoms with Gasteiger partial charge in [-0.1, -0.05) is 12.2 Å². The average Bonchev–Trinajstić information content (AvgIpc) is 2.34. The third-order valence-electron chi connectivity index (χ3n) is 2.23. The summed E-state index contributed by atoms with van der Waals surface area (Å²) in [5.74, 6) is -0.933. The Morgan fingerprint density at radius 3 is 2.06 bits per heavy atom. The highest BCUT2D eigenvalue weighted by atomic mass is 16.5. The molecule has 0 rings (SSSR count). The second kappa shape index (κ2) is 8.52. The van der Waals surface area contributed by atoms with Crippen LogP contribution in [0.1, 0.15) is 6.42 Å². The van der Waals surface area contributed by atoms with Crippen LogP contribution >= 0.6 is 0 Å². The van der Waals surface area contributed by atoms with Gasteiger partial charge in [0.25, 0.3) is 0 Å². The molecule has 0 aliphatic carbocycles. The maximum absolute atomic E-state index is 11.6. The number of hydrogen-bond acceptors (Lipinski definition) is 5. The first-order valence-electron chi connectivity index (χ1n) is 5.21. The third-order valence-corrected chi connectivity index (χ3v) is 2.23. The molecule has 96 valence electrons. The van der Waals surface area contributed by atoms with Crippen LogP contribution in [-0.4, -0.2) is 50.2 Å². The molecule has 0 N–H and O–H groups in total. The van der Waals surface area contributed by atoms with Crippen molar-refractivity contribution in [2.45, 2.75) is 12.5 Å². The van der Waals surface area contributed by atoms with E-state index in [0.29, 0.717) is 13.1 Å². The van der Waals surface area contributed by atoms with E-state index >= 15 is 0 Å². The maximum Gasteiger partial charge on any atom is 0.323 e. The van der Waals surface area contributed by atoms with Crippen molar-refractivity contribution in [1.29, 1.82) is 0 Å². The van der Waals surface area contributed by atoms with Crippen LogP contribution in [0.25, 0.3) is 0 Å². The molecular formula is C12H19NO4. The molecular weight excluding hydrogens is 222 g/mol. The fourth-order valence-corrected chi connectivity index (χ4v) is 1.40.